The Kier molecular flexibility index (Phi) is 12.3. The first kappa shape index (κ1) is 31.3. The molecule has 2 atom stereocenters. The highest BCUT2D eigenvalue weighted by molar-refractivity contribution is 7.98. The van der Waals surface area contributed by atoms with Crippen molar-refractivity contribution in [1.82, 2.24) is 15.5 Å². The van der Waals surface area contributed by atoms with Crippen LogP contribution in [0.1, 0.15) is 63.8 Å². The number of carbonyl (C=O) groups excluding carboxylic acids is 4. The van der Waals surface area contributed by atoms with E-state index in [1.54, 1.807) is 32.5 Å². The molecule has 0 radical (unpaired) electrons. The Hall–Kier alpha value is -2.75. The van der Waals surface area contributed by atoms with E-state index in [-0.39, 0.29) is 6.54 Å². The Bertz CT molecular complexity index is 929. The minimum Gasteiger partial charge on any atom is -0.468 e. The van der Waals surface area contributed by atoms with Crippen LogP contribution < -0.4 is 10.6 Å². The molecule has 2 N–H and O–H groups in total. The summed E-state index contributed by atoms with van der Waals surface area (Å²) in [5, 5.41) is 5.30. The zero-order chi connectivity index (χ0) is 27.6. The van der Waals surface area contributed by atoms with E-state index in [9.17, 15) is 19.2 Å². The molecule has 36 heavy (non-hydrogen) atoms. The summed E-state index contributed by atoms with van der Waals surface area (Å²) in [6.07, 6.45) is 1.56. The number of nitrogens with one attached hydrogen (secondary N) is 2. The van der Waals surface area contributed by atoms with Crippen LogP contribution in [0.5, 0.6) is 0 Å². The van der Waals surface area contributed by atoms with Gasteiger partial charge < -0.3 is 25.0 Å². The molecule has 0 aliphatic carbocycles. The van der Waals surface area contributed by atoms with E-state index < -0.39 is 47.6 Å². The number of esters is 1. The maximum Gasteiger partial charge on any atom is 0.408 e. The number of benzene rings is 1. The molecular formula is C26H41N3O6S. The Morgan fingerprint density at radius 1 is 1.11 bits per heavy atom. The smallest absolute Gasteiger partial charge is 0.408 e. The van der Waals surface area contributed by atoms with E-state index in [0.29, 0.717) is 17.7 Å². The zero-order valence-corrected chi connectivity index (χ0v) is 23.7. The first-order valence-electron chi connectivity index (χ1n) is 11.9. The maximum atomic E-state index is 14.0. The molecule has 1 aromatic carbocycles. The van der Waals surface area contributed by atoms with E-state index >= 15 is 0 Å². The van der Waals surface area contributed by atoms with Crippen LogP contribution in [0.4, 0.5) is 4.79 Å². The molecule has 0 saturated carbocycles. The van der Waals surface area contributed by atoms with Crippen LogP contribution in [0.25, 0.3) is 0 Å². The summed E-state index contributed by atoms with van der Waals surface area (Å²) in [5.41, 5.74) is 1.64. The van der Waals surface area contributed by atoms with Crippen LogP contribution in [0.2, 0.25) is 0 Å². The van der Waals surface area contributed by atoms with Gasteiger partial charge in [-0.1, -0.05) is 23.8 Å². The number of alkyl carbamates (subject to hydrolysis) is 1. The largest absolute Gasteiger partial charge is 0.468 e. The number of aryl methyl sites for hydroxylation is 2. The lowest BCUT2D eigenvalue weighted by Gasteiger charge is -2.37. The van der Waals surface area contributed by atoms with Gasteiger partial charge in [0.05, 0.1) is 7.11 Å². The van der Waals surface area contributed by atoms with Gasteiger partial charge in [0.25, 0.3) is 0 Å². The number of carbonyl (C=O) groups is 4. The third kappa shape index (κ3) is 9.72. The number of hydrogen-bond donors (Lipinski definition) is 2. The molecule has 0 aromatic heterocycles. The molecule has 2 unspecified atom stereocenters. The van der Waals surface area contributed by atoms with Crippen molar-refractivity contribution in [2.75, 3.05) is 25.7 Å². The maximum absolute atomic E-state index is 14.0. The van der Waals surface area contributed by atoms with Crippen molar-refractivity contribution >= 4 is 35.6 Å². The summed E-state index contributed by atoms with van der Waals surface area (Å²) in [6, 6.07) is 3.34. The number of ether oxygens (including phenoxy) is 2. The highest BCUT2D eigenvalue weighted by Gasteiger charge is 2.38. The van der Waals surface area contributed by atoms with Crippen molar-refractivity contribution < 1.29 is 28.7 Å². The monoisotopic (exact) mass is 523 g/mol. The number of thioether (sulfide) groups is 1. The van der Waals surface area contributed by atoms with Gasteiger partial charge in [0, 0.05) is 6.04 Å². The normalized spacial score (nSPS) is 12.9. The second-order valence-electron chi connectivity index (χ2n) is 9.88. The number of nitrogens with zero attached hydrogens (tertiary/aromatic N) is 1. The molecule has 3 amide bonds. The van der Waals surface area contributed by atoms with Crippen LogP contribution in [-0.2, 0) is 23.9 Å². The third-order valence-electron chi connectivity index (χ3n) is 5.30. The fourth-order valence-electron chi connectivity index (χ4n) is 3.60. The lowest BCUT2D eigenvalue weighted by molar-refractivity contribution is -0.146. The minimum absolute atomic E-state index is 0.330. The van der Waals surface area contributed by atoms with Crippen molar-refractivity contribution in [2.45, 2.75) is 78.6 Å². The van der Waals surface area contributed by atoms with Crippen molar-refractivity contribution in [1.29, 1.82) is 0 Å². The SMILES string of the molecule is COC(=O)CNC(=O)C(c1cc(C)ccc1C)N(C(=O)C(CCSC)NC(=O)OC(C)(C)C)C(C)C. The molecule has 0 heterocycles. The molecule has 0 saturated heterocycles. The van der Waals surface area contributed by atoms with E-state index in [1.165, 1.54) is 12.0 Å². The number of rotatable bonds is 11. The number of hydrogen-bond acceptors (Lipinski definition) is 7. The van der Waals surface area contributed by atoms with Gasteiger partial charge in [-0.25, -0.2) is 4.79 Å². The summed E-state index contributed by atoms with van der Waals surface area (Å²) in [6.45, 7) is 12.3. The summed E-state index contributed by atoms with van der Waals surface area (Å²) < 4.78 is 10.0. The van der Waals surface area contributed by atoms with Gasteiger partial charge in [-0.05, 0) is 78.0 Å². The summed E-state index contributed by atoms with van der Waals surface area (Å²) in [5.74, 6) is -0.920. The molecule has 1 aromatic rings. The van der Waals surface area contributed by atoms with Crippen molar-refractivity contribution in [2.24, 2.45) is 0 Å². The first-order valence-corrected chi connectivity index (χ1v) is 13.3. The topological polar surface area (TPSA) is 114 Å². The fourth-order valence-corrected chi connectivity index (χ4v) is 4.07. The Balaban J connectivity index is 3.50. The zero-order valence-electron chi connectivity index (χ0n) is 22.9. The molecule has 0 fully saturated rings. The average molecular weight is 524 g/mol. The predicted octanol–water partition coefficient (Wildman–Crippen LogP) is 3.52. The molecule has 0 aliphatic heterocycles. The highest BCUT2D eigenvalue weighted by atomic mass is 32.2. The van der Waals surface area contributed by atoms with Crippen LogP contribution in [-0.4, -0.2) is 72.1 Å². The van der Waals surface area contributed by atoms with Crippen LogP contribution in [0.3, 0.4) is 0 Å². The number of methoxy groups -OCH3 is 1. The fraction of sp³-hybridized carbons (Fsp3) is 0.615. The van der Waals surface area contributed by atoms with Crippen LogP contribution in [0, 0.1) is 13.8 Å². The van der Waals surface area contributed by atoms with Crippen LogP contribution >= 0.6 is 11.8 Å². The van der Waals surface area contributed by atoms with E-state index in [4.69, 9.17) is 4.74 Å². The third-order valence-corrected chi connectivity index (χ3v) is 5.94. The summed E-state index contributed by atoms with van der Waals surface area (Å²) >= 11 is 1.54. The number of amides is 3. The van der Waals surface area contributed by atoms with Gasteiger partial charge in [-0.15, -0.1) is 0 Å². The molecule has 0 aliphatic rings. The van der Waals surface area contributed by atoms with Crippen molar-refractivity contribution in [3.8, 4) is 0 Å². The van der Waals surface area contributed by atoms with Gasteiger partial charge >= 0.3 is 12.1 Å². The lowest BCUT2D eigenvalue weighted by Crippen LogP contribution is -2.55. The van der Waals surface area contributed by atoms with E-state index in [2.05, 4.69) is 15.4 Å². The van der Waals surface area contributed by atoms with E-state index in [0.717, 1.165) is 11.1 Å². The quantitative estimate of drug-likeness (QED) is 0.427. The molecule has 10 heteroatoms. The highest BCUT2D eigenvalue weighted by Crippen LogP contribution is 2.29. The van der Waals surface area contributed by atoms with Gasteiger partial charge in [0.15, 0.2) is 0 Å². The van der Waals surface area contributed by atoms with Crippen LogP contribution in [0.15, 0.2) is 18.2 Å². The Labute approximate surface area is 219 Å². The second kappa shape index (κ2) is 14.1. The molecule has 1 rings (SSSR count). The lowest BCUT2D eigenvalue weighted by atomic mass is 9.95. The molecular weight excluding hydrogens is 482 g/mol. The molecule has 0 bridgehead atoms. The van der Waals surface area contributed by atoms with Crippen molar-refractivity contribution in [3.05, 3.63) is 34.9 Å². The summed E-state index contributed by atoms with van der Waals surface area (Å²) in [4.78, 5) is 53.2. The molecule has 202 valence electrons. The predicted molar refractivity (Wildman–Crippen MR) is 142 cm³/mol. The van der Waals surface area contributed by atoms with Gasteiger partial charge in [0.1, 0.15) is 24.2 Å². The van der Waals surface area contributed by atoms with Crippen molar-refractivity contribution in [3.63, 3.8) is 0 Å². The van der Waals surface area contributed by atoms with Gasteiger partial charge in [-0.2, -0.15) is 11.8 Å². The van der Waals surface area contributed by atoms with Gasteiger partial charge in [-0.3, -0.25) is 14.4 Å². The standard InChI is InChI=1S/C26H41N3O6S/c1-16(2)29(24(32)20(12-13-36-9)28-25(33)35-26(5,6)7)22(23(31)27-15-21(30)34-8)19-14-17(3)10-11-18(19)4/h10-11,14,16,20,22H,12-13,15H2,1-9H3,(H,27,31)(H,28,33). The minimum atomic E-state index is -1.03. The Morgan fingerprint density at radius 3 is 2.28 bits per heavy atom. The first-order chi connectivity index (χ1) is 16.7. The average Bonchev–Trinajstić information content (AvgIpc) is 2.78. The van der Waals surface area contributed by atoms with E-state index in [1.807, 2.05) is 52.1 Å². The molecule has 9 nitrogen and oxygen atoms in total. The molecule has 0 spiro atoms. The Morgan fingerprint density at radius 2 is 1.75 bits per heavy atom. The second-order valence-corrected chi connectivity index (χ2v) is 10.9. The summed E-state index contributed by atoms with van der Waals surface area (Å²) in [7, 11) is 1.24. The van der Waals surface area contributed by atoms with Gasteiger partial charge in [0.2, 0.25) is 11.8 Å².